The van der Waals surface area contributed by atoms with Crippen molar-refractivity contribution in [3.63, 3.8) is 0 Å². The fourth-order valence-electron chi connectivity index (χ4n) is 4.41. The lowest BCUT2D eigenvalue weighted by molar-refractivity contribution is 0.0969. The Balaban J connectivity index is 1.67. The third-order valence-electron chi connectivity index (χ3n) is 6.66. The summed E-state index contributed by atoms with van der Waals surface area (Å²) in [5.41, 5.74) is 3.01. The molecular formula is C27H32ClN3O5S. The predicted octanol–water partition coefficient (Wildman–Crippen LogP) is 4.03. The first-order chi connectivity index (χ1) is 17.4. The van der Waals surface area contributed by atoms with E-state index in [1.165, 1.54) is 16.8 Å². The van der Waals surface area contributed by atoms with Crippen LogP contribution in [0.2, 0.25) is 5.02 Å². The summed E-state index contributed by atoms with van der Waals surface area (Å²) in [5.74, 6) is -0.223. The zero-order chi connectivity index (χ0) is 27.1. The number of hydrogen-bond donors (Lipinski definition) is 1. The van der Waals surface area contributed by atoms with E-state index in [1.807, 2.05) is 38.2 Å². The van der Waals surface area contributed by atoms with Crippen molar-refractivity contribution in [3.8, 4) is 5.88 Å². The minimum atomic E-state index is -3.56. The third kappa shape index (κ3) is 5.90. The fraction of sp³-hybridized carbons (Fsp3) is 0.407. The van der Waals surface area contributed by atoms with Gasteiger partial charge in [-0.3, -0.25) is 9.69 Å². The number of carbonyl (C=O) groups excluding carboxylic acids is 1. The number of aliphatic hydroxyl groups excluding tert-OH is 1. The Labute approximate surface area is 222 Å². The van der Waals surface area contributed by atoms with Crippen LogP contribution in [0.25, 0.3) is 0 Å². The van der Waals surface area contributed by atoms with Gasteiger partial charge in [0.1, 0.15) is 18.3 Å². The Bertz CT molecular complexity index is 1430. The fourth-order valence-corrected chi connectivity index (χ4v) is 5.70. The van der Waals surface area contributed by atoms with E-state index in [-0.39, 0.29) is 33.5 Å². The molecule has 0 saturated heterocycles. The van der Waals surface area contributed by atoms with Gasteiger partial charge in [0, 0.05) is 37.0 Å². The van der Waals surface area contributed by atoms with Crippen LogP contribution in [-0.4, -0.2) is 59.9 Å². The van der Waals surface area contributed by atoms with Crippen molar-refractivity contribution in [2.24, 2.45) is 7.05 Å². The minimum Gasteiger partial charge on any atom is -0.474 e. The van der Waals surface area contributed by atoms with Crippen LogP contribution in [0.3, 0.4) is 0 Å². The van der Waals surface area contributed by atoms with Gasteiger partial charge < -0.3 is 9.84 Å². The molecule has 37 heavy (non-hydrogen) atoms. The maximum Gasteiger partial charge on any atom is 0.223 e. The van der Waals surface area contributed by atoms with Crippen molar-refractivity contribution >= 4 is 27.2 Å². The molecule has 0 spiro atoms. The zero-order valence-corrected chi connectivity index (χ0v) is 23.2. The third-order valence-corrected chi connectivity index (χ3v) is 8.27. The summed E-state index contributed by atoms with van der Waals surface area (Å²) in [5, 5.41) is 15.1. The average Bonchev–Trinajstić information content (AvgIpc) is 3.63. The molecule has 4 rings (SSSR count). The van der Waals surface area contributed by atoms with Gasteiger partial charge in [-0.05, 0) is 51.4 Å². The highest BCUT2D eigenvalue weighted by Crippen LogP contribution is 2.35. The van der Waals surface area contributed by atoms with Gasteiger partial charge in [0.15, 0.2) is 9.84 Å². The maximum absolute atomic E-state index is 13.8. The predicted molar refractivity (Wildman–Crippen MR) is 142 cm³/mol. The summed E-state index contributed by atoms with van der Waals surface area (Å²) in [6.45, 7) is 3.88. The molecule has 8 nitrogen and oxygen atoms in total. The van der Waals surface area contributed by atoms with Gasteiger partial charge in [-0.15, -0.1) is 0 Å². The van der Waals surface area contributed by atoms with E-state index in [0.717, 1.165) is 24.7 Å². The van der Waals surface area contributed by atoms with Gasteiger partial charge in [-0.2, -0.15) is 5.10 Å². The first-order valence-electron chi connectivity index (χ1n) is 12.1. The van der Waals surface area contributed by atoms with Gasteiger partial charge in [0.2, 0.25) is 11.7 Å². The molecule has 1 aliphatic rings. The number of aryl methyl sites for hydroxylation is 3. The monoisotopic (exact) mass is 545 g/mol. The highest BCUT2D eigenvalue weighted by atomic mass is 35.5. The molecular weight excluding hydrogens is 514 g/mol. The lowest BCUT2D eigenvalue weighted by atomic mass is 10.0. The number of sulfone groups is 1. The first kappa shape index (κ1) is 27.3. The number of benzene rings is 2. The molecule has 198 valence electrons. The highest BCUT2D eigenvalue weighted by Gasteiger charge is 2.31. The maximum atomic E-state index is 13.8. The standard InChI is InChI=1S/C27H32ClN3O5S/c1-16-6-8-18(9-7-16)22(32)15-36-27-24(17(2)29-31(27)4)26(33)20-12-13-23(37(5,34)35)21(25(20)28)14-30(3)19-10-11-19/h6-9,12-13,19,22,32H,10-11,14-15H2,1-5H3. The Kier molecular flexibility index (Phi) is 7.80. The Morgan fingerprint density at radius 2 is 1.86 bits per heavy atom. The normalized spacial score (nSPS) is 14.7. The first-order valence-corrected chi connectivity index (χ1v) is 14.3. The summed E-state index contributed by atoms with van der Waals surface area (Å²) < 4.78 is 32.4. The average molecular weight is 546 g/mol. The number of ketones is 1. The molecule has 0 aliphatic heterocycles. The number of aliphatic hydroxyl groups is 1. The van der Waals surface area contributed by atoms with E-state index in [4.69, 9.17) is 16.3 Å². The summed E-state index contributed by atoms with van der Waals surface area (Å²) in [6, 6.07) is 10.7. The van der Waals surface area contributed by atoms with Crippen LogP contribution in [0, 0.1) is 13.8 Å². The van der Waals surface area contributed by atoms with Crippen molar-refractivity contribution in [2.75, 3.05) is 19.9 Å². The number of ether oxygens (including phenoxy) is 1. The molecule has 1 N–H and O–H groups in total. The Morgan fingerprint density at radius 1 is 1.22 bits per heavy atom. The molecule has 1 heterocycles. The molecule has 1 unspecified atom stereocenters. The van der Waals surface area contributed by atoms with E-state index in [9.17, 15) is 18.3 Å². The molecule has 0 bridgehead atoms. The molecule has 1 saturated carbocycles. The Hall–Kier alpha value is -2.72. The van der Waals surface area contributed by atoms with Gasteiger partial charge in [0.25, 0.3) is 0 Å². The van der Waals surface area contributed by atoms with Crippen LogP contribution in [-0.2, 0) is 23.4 Å². The second-order valence-corrected chi connectivity index (χ2v) is 12.1. The largest absolute Gasteiger partial charge is 0.474 e. The molecule has 1 fully saturated rings. The van der Waals surface area contributed by atoms with Crippen molar-refractivity contribution in [2.45, 2.75) is 50.3 Å². The van der Waals surface area contributed by atoms with Crippen molar-refractivity contribution in [1.29, 1.82) is 0 Å². The second kappa shape index (κ2) is 10.6. The van der Waals surface area contributed by atoms with Crippen LogP contribution >= 0.6 is 11.6 Å². The lowest BCUT2D eigenvalue weighted by Crippen LogP contribution is -2.22. The van der Waals surface area contributed by atoms with Gasteiger partial charge in [-0.25, -0.2) is 13.1 Å². The second-order valence-electron chi connectivity index (χ2n) is 9.78. The van der Waals surface area contributed by atoms with Gasteiger partial charge in [-0.1, -0.05) is 41.4 Å². The van der Waals surface area contributed by atoms with Crippen molar-refractivity contribution in [3.05, 3.63) is 74.9 Å². The molecule has 1 aliphatic carbocycles. The summed E-state index contributed by atoms with van der Waals surface area (Å²) in [6.07, 6.45) is 2.33. The van der Waals surface area contributed by atoms with E-state index in [1.54, 1.807) is 14.0 Å². The van der Waals surface area contributed by atoms with E-state index in [0.29, 0.717) is 29.4 Å². The number of nitrogens with zero attached hydrogens (tertiary/aromatic N) is 3. The van der Waals surface area contributed by atoms with Gasteiger partial charge in [0.05, 0.1) is 15.6 Å². The molecule has 1 aromatic heterocycles. The van der Waals surface area contributed by atoms with E-state index < -0.39 is 21.7 Å². The highest BCUT2D eigenvalue weighted by molar-refractivity contribution is 7.90. The van der Waals surface area contributed by atoms with Gasteiger partial charge >= 0.3 is 0 Å². The Morgan fingerprint density at radius 3 is 2.46 bits per heavy atom. The molecule has 3 aromatic rings. The summed E-state index contributed by atoms with van der Waals surface area (Å²) in [7, 11) is 0.0115. The lowest BCUT2D eigenvalue weighted by Gasteiger charge is -2.20. The number of aromatic nitrogens is 2. The van der Waals surface area contributed by atoms with E-state index in [2.05, 4.69) is 10.00 Å². The number of halogens is 1. The smallest absolute Gasteiger partial charge is 0.223 e. The molecule has 1 atom stereocenters. The van der Waals surface area contributed by atoms with E-state index >= 15 is 0 Å². The summed E-state index contributed by atoms with van der Waals surface area (Å²) in [4.78, 5) is 15.9. The summed E-state index contributed by atoms with van der Waals surface area (Å²) >= 11 is 6.75. The SMILES string of the molecule is Cc1ccc(C(O)COc2c(C(=O)c3ccc(S(C)(=O)=O)c(CN(C)C4CC4)c3Cl)c(C)nn2C)cc1. The van der Waals surface area contributed by atoms with Crippen LogP contribution in [0.4, 0.5) is 0 Å². The van der Waals surface area contributed by atoms with Crippen LogP contribution in [0.15, 0.2) is 41.3 Å². The number of hydrogen-bond acceptors (Lipinski definition) is 7. The zero-order valence-electron chi connectivity index (χ0n) is 21.7. The topological polar surface area (TPSA) is 102 Å². The van der Waals surface area contributed by atoms with Crippen molar-refractivity contribution < 1.29 is 23.1 Å². The minimum absolute atomic E-state index is 0.0828. The number of carbonyl (C=O) groups is 1. The van der Waals surface area contributed by atoms with Crippen LogP contribution in [0.5, 0.6) is 5.88 Å². The van der Waals surface area contributed by atoms with Crippen LogP contribution in [0.1, 0.15) is 57.3 Å². The van der Waals surface area contributed by atoms with Crippen molar-refractivity contribution in [1.82, 2.24) is 14.7 Å². The molecule has 10 heteroatoms. The number of rotatable bonds is 10. The van der Waals surface area contributed by atoms with Crippen LogP contribution < -0.4 is 4.74 Å². The molecule has 0 radical (unpaired) electrons. The quantitative estimate of drug-likeness (QED) is 0.384. The molecule has 0 amide bonds. The molecule has 2 aromatic carbocycles.